The zero-order valence-corrected chi connectivity index (χ0v) is 15.7. The fourth-order valence-corrected chi connectivity index (χ4v) is 4.43. The van der Waals surface area contributed by atoms with Gasteiger partial charge in [-0.3, -0.25) is 0 Å². The summed E-state index contributed by atoms with van der Waals surface area (Å²) in [6.07, 6.45) is -1.19. The van der Waals surface area contributed by atoms with E-state index >= 15 is 0 Å². The van der Waals surface area contributed by atoms with Crippen LogP contribution in [-0.2, 0) is 0 Å². The van der Waals surface area contributed by atoms with E-state index in [0.29, 0.717) is 0 Å². The highest BCUT2D eigenvalue weighted by Crippen LogP contribution is 2.68. The van der Waals surface area contributed by atoms with E-state index in [2.05, 4.69) is 6.58 Å². The maximum absolute atomic E-state index is 13.2. The van der Waals surface area contributed by atoms with Gasteiger partial charge in [0.25, 0.3) is 6.43 Å². The van der Waals surface area contributed by atoms with E-state index in [-0.39, 0.29) is 34.8 Å². The van der Waals surface area contributed by atoms with Gasteiger partial charge in [-0.2, -0.15) is 0 Å². The van der Waals surface area contributed by atoms with Gasteiger partial charge in [0.1, 0.15) is 10.1 Å². The Labute approximate surface area is 156 Å². The molecule has 0 saturated heterocycles. The number of halogens is 5. The third-order valence-corrected chi connectivity index (χ3v) is 5.46. The number of alkyl halides is 4. The van der Waals surface area contributed by atoms with Crippen molar-refractivity contribution in [2.24, 2.45) is 11.8 Å². The van der Waals surface area contributed by atoms with Crippen molar-refractivity contribution >= 4 is 34.8 Å². The summed E-state index contributed by atoms with van der Waals surface area (Å²) in [5, 5.41) is 0.0861. The molecule has 2 rings (SSSR count). The minimum atomic E-state index is -2.58. The van der Waals surface area contributed by atoms with Crippen molar-refractivity contribution < 1.29 is 13.5 Å². The molecule has 0 radical (unpaired) electrons. The number of benzene rings is 1. The van der Waals surface area contributed by atoms with E-state index in [1.807, 2.05) is 31.2 Å². The van der Waals surface area contributed by atoms with Gasteiger partial charge >= 0.3 is 0 Å². The number of hydrogen-bond acceptors (Lipinski definition) is 1. The Hall–Kier alpha value is -0.770. The molecule has 24 heavy (non-hydrogen) atoms. The van der Waals surface area contributed by atoms with Gasteiger partial charge < -0.3 is 4.74 Å². The molecule has 1 aromatic rings. The molecule has 1 aliphatic rings. The molecule has 0 heterocycles. The molecule has 1 nitrogen and oxygen atoms in total. The quantitative estimate of drug-likeness (QED) is 0.375. The van der Waals surface area contributed by atoms with Gasteiger partial charge in [-0.25, -0.2) is 8.78 Å². The first-order valence-electron chi connectivity index (χ1n) is 7.53. The second-order valence-corrected chi connectivity index (χ2v) is 8.03. The molecule has 3 unspecified atom stereocenters. The van der Waals surface area contributed by atoms with E-state index in [9.17, 15) is 8.78 Å². The van der Waals surface area contributed by atoms with Crippen LogP contribution in [0.15, 0.2) is 47.5 Å². The Balaban J connectivity index is 2.14. The Morgan fingerprint density at radius 3 is 2.38 bits per heavy atom. The monoisotopic (exact) mass is 394 g/mol. The van der Waals surface area contributed by atoms with Gasteiger partial charge in [0.2, 0.25) is 0 Å². The molecule has 0 aromatic heterocycles. The minimum Gasteiger partial charge on any atom is -0.497 e. The number of allylic oxidation sites excluding steroid dienone is 3. The topological polar surface area (TPSA) is 9.23 Å². The van der Waals surface area contributed by atoms with Crippen LogP contribution in [0.4, 0.5) is 8.78 Å². The van der Waals surface area contributed by atoms with Crippen molar-refractivity contribution in [1.82, 2.24) is 0 Å². The summed E-state index contributed by atoms with van der Waals surface area (Å²) in [6.45, 7) is 5.32. The third-order valence-electron chi connectivity index (χ3n) is 4.38. The summed E-state index contributed by atoms with van der Waals surface area (Å²) in [5.74, 6) is 0.408. The van der Waals surface area contributed by atoms with Crippen molar-refractivity contribution in [3.63, 3.8) is 0 Å². The van der Waals surface area contributed by atoms with Crippen molar-refractivity contribution in [3.8, 4) is 5.75 Å². The average Bonchev–Trinajstić information content (AvgIpc) is 3.08. The highest BCUT2D eigenvalue weighted by Gasteiger charge is 2.65. The molecule has 0 spiro atoms. The molecule has 6 heteroatoms. The molecular weight excluding hydrogens is 377 g/mol. The fourth-order valence-electron chi connectivity index (χ4n) is 3.21. The maximum Gasteiger partial charge on any atom is 0.260 e. The number of rotatable bonds is 7. The van der Waals surface area contributed by atoms with Gasteiger partial charge in [0.15, 0.2) is 0 Å². The third kappa shape index (κ3) is 4.25. The summed E-state index contributed by atoms with van der Waals surface area (Å²) >= 11 is 18.5. The van der Waals surface area contributed by atoms with Gasteiger partial charge in [0, 0.05) is 16.9 Å². The zero-order valence-electron chi connectivity index (χ0n) is 13.4. The van der Waals surface area contributed by atoms with Crippen molar-refractivity contribution in [2.45, 2.75) is 30.0 Å². The molecule has 1 aromatic carbocycles. The number of hydrogen-bond donors (Lipinski definition) is 0. The first kappa shape index (κ1) is 19.6. The Bertz CT molecular complexity index is 626. The molecule has 1 fully saturated rings. The van der Waals surface area contributed by atoms with E-state index in [1.54, 1.807) is 7.11 Å². The van der Waals surface area contributed by atoms with Crippen LogP contribution in [0.3, 0.4) is 0 Å². The molecule has 0 N–H and O–H groups in total. The van der Waals surface area contributed by atoms with Crippen LogP contribution < -0.4 is 4.74 Å². The lowest BCUT2D eigenvalue weighted by molar-refractivity contribution is 0.180. The van der Waals surface area contributed by atoms with Crippen molar-refractivity contribution in [3.05, 3.63) is 53.1 Å². The molecule has 0 amide bonds. The minimum absolute atomic E-state index is 0.0491. The second-order valence-electron chi connectivity index (χ2n) is 6.10. The van der Waals surface area contributed by atoms with Gasteiger partial charge in [0.05, 0.1) is 7.11 Å². The smallest absolute Gasteiger partial charge is 0.260 e. The van der Waals surface area contributed by atoms with Gasteiger partial charge in [-0.1, -0.05) is 37.2 Å². The standard InChI is InChI=1S/C18H19Cl3F2O/c1-10(8-13(17(22)23)9-11(2)19)15-16(18(15,20)21)12-4-6-14(24-3)7-5-12/h4-7,9-10,15-17H,2,8H2,1,3H3/b13-9+. The lowest BCUT2D eigenvalue weighted by atomic mass is 9.93. The Kier molecular flexibility index (Phi) is 6.22. The molecule has 0 aliphatic heterocycles. The number of ether oxygens (including phenoxy) is 1. The first-order valence-corrected chi connectivity index (χ1v) is 8.66. The molecule has 132 valence electrons. The zero-order chi connectivity index (χ0) is 18.1. The summed E-state index contributed by atoms with van der Waals surface area (Å²) in [5.41, 5.74) is 0.925. The van der Waals surface area contributed by atoms with Crippen LogP contribution in [0.1, 0.15) is 24.8 Å². The maximum atomic E-state index is 13.2. The molecular formula is C18H19Cl3F2O. The highest BCUT2D eigenvalue weighted by atomic mass is 35.5. The SMILES string of the molecule is C=C(Cl)/C=C(\CC(C)C1C(c2ccc(OC)cc2)C1(Cl)Cl)C(F)F. The van der Waals surface area contributed by atoms with Crippen LogP contribution >= 0.6 is 34.8 Å². The normalized spacial score (nSPS) is 23.9. The highest BCUT2D eigenvalue weighted by molar-refractivity contribution is 6.52. The van der Waals surface area contributed by atoms with Crippen molar-refractivity contribution in [2.75, 3.05) is 7.11 Å². The summed E-state index contributed by atoms with van der Waals surface area (Å²) in [7, 11) is 1.59. The molecule has 1 saturated carbocycles. The predicted octanol–water partition coefficient (Wildman–Crippen LogP) is 6.55. The predicted molar refractivity (Wildman–Crippen MR) is 96.5 cm³/mol. The van der Waals surface area contributed by atoms with Crippen LogP contribution in [0.25, 0.3) is 0 Å². The van der Waals surface area contributed by atoms with E-state index in [0.717, 1.165) is 11.3 Å². The van der Waals surface area contributed by atoms with E-state index in [1.165, 1.54) is 6.08 Å². The van der Waals surface area contributed by atoms with Crippen molar-refractivity contribution in [1.29, 1.82) is 0 Å². The molecule has 1 aliphatic carbocycles. The fraction of sp³-hybridized carbons (Fsp3) is 0.444. The molecule has 0 bridgehead atoms. The second kappa shape index (κ2) is 7.63. The first-order chi connectivity index (χ1) is 11.2. The average molecular weight is 396 g/mol. The summed E-state index contributed by atoms with van der Waals surface area (Å²) in [6, 6.07) is 7.48. The summed E-state index contributed by atoms with van der Waals surface area (Å²) in [4.78, 5) is 0. The van der Waals surface area contributed by atoms with Crippen LogP contribution in [0.2, 0.25) is 0 Å². The lowest BCUT2D eigenvalue weighted by Crippen LogP contribution is -2.09. The van der Waals surface area contributed by atoms with Crippen LogP contribution in [-0.4, -0.2) is 17.9 Å². The van der Waals surface area contributed by atoms with Gasteiger partial charge in [-0.15, -0.1) is 23.2 Å². The van der Waals surface area contributed by atoms with E-state index < -0.39 is 10.8 Å². The summed E-state index contributed by atoms with van der Waals surface area (Å²) < 4.78 is 30.5. The van der Waals surface area contributed by atoms with Gasteiger partial charge in [-0.05, 0) is 41.7 Å². The van der Waals surface area contributed by atoms with Crippen LogP contribution in [0.5, 0.6) is 5.75 Å². The Morgan fingerprint density at radius 1 is 1.33 bits per heavy atom. The van der Waals surface area contributed by atoms with E-state index in [4.69, 9.17) is 39.5 Å². The largest absolute Gasteiger partial charge is 0.497 e. The lowest BCUT2D eigenvalue weighted by Gasteiger charge is -2.14. The van der Waals surface area contributed by atoms with Crippen LogP contribution in [0, 0.1) is 11.8 Å². The molecule has 3 atom stereocenters. The number of methoxy groups -OCH3 is 1. The Morgan fingerprint density at radius 2 is 1.92 bits per heavy atom.